The minimum atomic E-state index is -0.306. The molecular weight excluding hydrogens is 1380 g/mol. The van der Waals surface area contributed by atoms with Crippen molar-refractivity contribution in [3.8, 4) is 106 Å². The van der Waals surface area contributed by atoms with Gasteiger partial charge >= 0.3 is 0 Å². The molecule has 3 aliphatic heterocycles. The van der Waals surface area contributed by atoms with Gasteiger partial charge < -0.3 is 44.0 Å². The number of piperidine rings is 1. The average molecular weight is 1460 g/mol. The molecule has 0 atom stereocenters. The summed E-state index contributed by atoms with van der Waals surface area (Å²) < 4.78 is 22.1. The number of amides is 3. The van der Waals surface area contributed by atoms with Crippen LogP contribution in [-0.4, -0.2) is 162 Å². The number of fused-ring (bicyclic) bond motifs is 3. The van der Waals surface area contributed by atoms with Gasteiger partial charge in [-0.1, -0.05) is 23.8 Å². The van der Waals surface area contributed by atoms with Gasteiger partial charge in [0.05, 0.1) is 90.2 Å². The molecule has 12 aromatic rings. The van der Waals surface area contributed by atoms with Gasteiger partial charge in [0.2, 0.25) is 0 Å². The second-order valence-corrected chi connectivity index (χ2v) is 26.4. The summed E-state index contributed by atoms with van der Waals surface area (Å²) in [7, 11) is 0. The normalized spacial score (nSPS) is 13.7. The zero-order chi connectivity index (χ0) is 76.8. The molecule has 0 radical (unpaired) electrons. The lowest BCUT2D eigenvalue weighted by Gasteiger charge is -2.40. The van der Waals surface area contributed by atoms with E-state index in [1.54, 1.807) is 124 Å². The van der Waals surface area contributed by atoms with Crippen molar-refractivity contribution in [3.63, 3.8) is 0 Å². The number of nitrogens with one attached hydrogen (secondary N) is 1. The van der Waals surface area contributed by atoms with Crippen LogP contribution in [0.25, 0.3) is 49.9 Å². The number of hydrogen-bond acceptors (Lipinski definition) is 18. The van der Waals surface area contributed by atoms with Crippen molar-refractivity contribution < 1.29 is 28.6 Å². The Bertz CT molecular complexity index is 5650. The molecule has 0 spiro atoms. The van der Waals surface area contributed by atoms with Crippen molar-refractivity contribution in [3.05, 3.63) is 233 Å². The number of carbonyl (C=O) groups is 3. The van der Waals surface area contributed by atoms with E-state index in [4.69, 9.17) is 48.4 Å². The highest BCUT2D eigenvalue weighted by Gasteiger charge is 2.33. The van der Waals surface area contributed by atoms with E-state index in [0.717, 1.165) is 104 Å². The molecule has 110 heavy (non-hydrogen) atoms. The highest BCUT2D eigenvalue weighted by molar-refractivity contribution is 5.96. The Morgan fingerprint density at radius 3 is 1.15 bits per heavy atom. The number of aromatic nitrogens is 9. The van der Waals surface area contributed by atoms with Gasteiger partial charge in [0.25, 0.3) is 17.7 Å². The highest BCUT2D eigenvalue weighted by atomic mass is 16.5. The molecule has 15 rings (SSSR count). The van der Waals surface area contributed by atoms with Crippen molar-refractivity contribution in [2.45, 2.75) is 46.1 Å². The first-order valence-electron chi connectivity index (χ1n) is 36.0. The fourth-order valence-electron chi connectivity index (χ4n) is 13.6. The van der Waals surface area contributed by atoms with Gasteiger partial charge in [-0.05, 0) is 162 Å². The molecular formula is C86H76N18O6. The number of ether oxygens (including phenoxy) is 3. The van der Waals surface area contributed by atoms with Crippen LogP contribution in [0.3, 0.4) is 0 Å². The quantitative estimate of drug-likeness (QED) is 0.0881. The van der Waals surface area contributed by atoms with E-state index >= 15 is 0 Å². The number of rotatable bonds is 16. The Labute approximate surface area is 636 Å². The average Bonchev–Trinajstić information content (AvgIpc) is 1.60. The van der Waals surface area contributed by atoms with Gasteiger partial charge in [0.15, 0.2) is 0 Å². The fraction of sp³-hybridized carbons (Fsp3) is 0.233. The first-order valence-corrected chi connectivity index (χ1v) is 36.0. The van der Waals surface area contributed by atoms with Crippen molar-refractivity contribution in [2.75, 3.05) is 100.0 Å². The first kappa shape index (κ1) is 73.8. The molecule has 3 amide bonds. The van der Waals surface area contributed by atoms with Crippen LogP contribution in [0.5, 0.6) is 17.2 Å². The molecule has 12 heterocycles. The topological polar surface area (TPSA) is 269 Å². The number of benzene rings is 3. The van der Waals surface area contributed by atoms with Crippen molar-refractivity contribution in [2.24, 2.45) is 0 Å². The molecule has 3 aliphatic rings. The molecule has 3 aromatic carbocycles. The molecule has 0 aliphatic carbocycles. The van der Waals surface area contributed by atoms with Crippen molar-refractivity contribution in [1.82, 2.24) is 58.9 Å². The molecule has 546 valence electrons. The Kier molecular flexibility index (Phi) is 22.4. The zero-order valence-electron chi connectivity index (χ0n) is 61.2. The lowest BCUT2D eigenvalue weighted by molar-refractivity contribution is 0.0739. The Morgan fingerprint density at radius 1 is 0.436 bits per heavy atom. The number of terminal acetylenes is 3. The Morgan fingerprint density at radius 2 is 0.800 bits per heavy atom. The minimum Gasteiger partial charge on any atom is -0.492 e. The Balaban J connectivity index is 0.000000145. The van der Waals surface area contributed by atoms with Crippen LogP contribution in [-0.2, 0) is 0 Å². The van der Waals surface area contributed by atoms with E-state index in [9.17, 15) is 30.2 Å². The third-order valence-electron chi connectivity index (χ3n) is 19.5. The van der Waals surface area contributed by atoms with Crippen LogP contribution in [0.1, 0.15) is 105 Å². The number of piperazine rings is 2. The van der Waals surface area contributed by atoms with Crippen LogP contribution in [0, 0.1) is 71.0 Å². The van der Waals surface area contributed by atoms with Gasteiger partial charge in [0, 0.05) is 156 Å². The maximum atomic E-state index is 12.9. The Hall–Kier alpha value is -14.5. The molecule has 24 heteroatoms. The molecule has 1 N–H and O–H groups in total. The summed E-state index contributed by atoms with van der Waals surface area (Å²) in [4.78, 5) is 63.0. The van der Waals surface area contributed by atoms with Crippen molar-refractivity contribution in [1.29, 1.82) is 15.8 Å². The van der Waals surface area contributed by atoms with Gasteiger partial charge in [0.1, 0.15) is 52.9 Å². The largest absolute Gasteiger partial charge is 0.492 e. The van der Waals surface area contributed by atoms with Gasteiger partial charge in [-0.25, -0.2) is 28.5 Å². The van der Waals surface area contributed by atoms with E-state index in [2.05, 4.69) is 78.2 Å². The maximum Gasteiger partial charge on any atom is 0.254 e. The van der Waals surface area contributed by atoms with Crippen LogP contribution in [0.15, 0.2) is 183 Å². The lowest BCUT2D eigenvalue weighted by atomic mass is 9.89. The SMILES string of the molecule is C#Cc1ccc(C(=O)N2CCN(c3ccc(-c4cc(OCC)cn5ncc(C#N)c45)cn3)CC2)cc1.C#Cc1ccc(C(=O)NC2(C)CCN(c3ccc(-c4cc(OCC)cn5ncc(C#N)c45)cn3)CC2)cc1.C#Cc1cccc(C(=O)N2CCN(c3ccc(-c4cc(OCC)cn5ncc(C#N)c45)cn3)CC2)c1. The number of pyridine rings is 6. The number of nitrogens with zero attached hydrogens (tertiary/aromatic N) is 17. The third-order valence-corrected chi connectivity index (χ3v) is 19.5. The third kappa shape index (κ3) is 16.2. The lowest BCUT2D eigenvalue weighted by Crippen LogP contribution is -2.53. The summed E-state index contributed by atoms with van der Waals surface area (Å²) >= 11 is 0. The standard InChI is InChI=1S/C30H28N6O2.2C28H24N6O2/c1-4-21-6-8-22(9-7-21)29(37)34-30(3)12-14-35(15-13-30)27-11-10-23(18-32-27)26-16-25(38-5-2)20-36-28(26)24(17-31)19-33-36;1-3-20-5-7-21(8-6-20)28(35)33-13-11-32(12-14-33)26-10-9-22(17-30-26)25-15-24(36-4-2)19-34-27(25)23(16-29)18-31-34;1-3-20-6-5-7-21(14-20)28(35)33-12-10-32(11-13-33)26-9-8-22(17-30-26)25-15-24(36-4-2)19-34-27(25)23(16-29)18-31-34/h1,6-11,16,18-20H,5,12-15H2,2-3H3,(H,34,37);1,5-10,15,17-19H,4,11-14H2,2H3;1,5-9,14-15,17-19H,4,10-13H2,2H3. The van der Waals surface area contributed by atoms with Crippen LogP contribution >= 0.6 is 0 Å². The molecule has 24 nitrogen and oxygen atoms in total. The predicted octanol–water partition coefficient (Wildman–Crippen LogP) is 11.7. The van der Waals surface area contributed by atoms with Crippen LogP contribution in [0.4, 0.5) is 17.5 Å². The molecule has 3 saturated heterocycles. The predicted molar refractivity (Wildman–Crippen MR) is 420 cm³/mol. The maximum absolute atomic E-state index is 12.9. The van der Waals surface area contributed by atoms with E-state index in [1.165, 1.54) is 0 Å². The van der Waals surface area contributed by atoms with E-state index < -0.39 is 0 Å². The zero-order valence-corrected chi connectivity index (χ0v) is 61.2. The van der Waals surface area contributed by atoms with Crippen molar-refractivity contribution >= 4 is 51.7 Å². The number of hydrogen-bond donors (Lipinski definition) is 1. The van der Waals surface area contributed by atoms with E-state index in [0.29, 0.717) is 128 Å². The van der Waals surface area contributed by atoms with Gasteiger partial charge in [-0.2, -0.15) is 31.1 Å². The summed E-state index contributed by atoms with van der Waals surface area (Å²) in [6, 6.07) is 45.7. The summed E-state index contributed by atoms with van der Waals surface area (Å²) in [6.45, 7) is 16.1. The second kappa shape index (κ2) is 33.3. The smallest absolute Gasteiger partial charge is 0.254 e. The molecule has 3 fully saturated rings. The monoisotopic (exact) mass is 1460 g/mol. The first-order chi connectivity index (χ1) is 53.6. The highest BCUT2D eigenvalue weighted by Crippen LogP contribution is 2.36. The minimum absolute atomic E-state index is 0.00818. The van der Waals surface area contributed by atoms with Crippen LogP contribution in [0.2, 0.25) is 0 Å². The number of anilines is 3. The molecule has 0 unspecified atom stereocenters. The van der Waals surface area contributed by atoms with E-state index in [-0.39, 0.29) is 23.3 Å². The summed E-state index contributed by atoms with van der Waals surface area (Å²) in [5.74, 6) is 12.2. The summed E-state index contributed by atoms with van der Waals surface area (Å²) in [5.41, 5.74) is 12.5. The van der Waals surface area contributed by atoms with E-state index in [1.807, 2.05) is 103 Å². The van der Waals surface area contributed by atoms with Gasteiger partial charge in [-0.3, -0.25) is 14.4 Å². The van der Waals surface area contributed by atoms with Crippen LogP contribution < -0.4 is 34.2 Å². The fourth-order valence-corrected chi connectivity index (χ4v) is 13.6. The molecule has 9 aromatic heterocycles. The molecule has 0 bridgehead atoms. The summed E-state index contributed by atoms with van der Waals surface area (Å²) in [5, 5.41) is 44.8. The number of carbonyl (C=O) groups excluding carboxylic acids is 3. The summed E-state index contributed by atoms with van der Waals surface area (Å²) in [6.07, 6.45) is 33.3. The molecule has 0 saturated carbocycles. The van der Waals surface area contributed by atoms with Gasteiger partial charge in [-0.15, -0.1) is 19.3 Å². The second-order valence-electron chi connectivity index (χ2n) is 26.4. The number of nitriles is 3.